The predicted octanol–water partition coefficient (Wildman–Crippen LogP) is 3.37. The molecule has 0 saturated carbocycles. The summed E-state index contributed by atoms with van der Waals surface area (Å²) < 4.78 is 0. The van der Waals surface area contributed by atoms with Crippen LogP contribution < -0.4 is 0 Å². The maximum absolute atomic E-state index is 2.20. The summed E-state index contributed by atoms with van der Waals surface area (Å²) in [5, 5.41) is 0. The molecule has 1 aromatic rings. The van der Waals surface area contributed by atoms with Gasteiger partial charge in [-0.05, 0) is 18.4 Å². The van der Waals surface area contributed by atoms with E-state index >= 15 is 0 Å². The molecule has 0 spiro atoms. The summed E-state index contributed by atoms with van der Waals surface area (Å²) in [6.45, 7) is 4.26. The molecule has 1 aromatic carbocycles. The van der Waals surface area contributed by atoms with Gasteiger partial charge in [0.15, 0.2) is 0 Å². The van der Waals surface area contributed by atoms with Gasteiger partial charge in [-0.3, -0.25) is 0 Å². The highest BCUT2D eigenvalue weighted by atomic mass is 14.0. The molecule has 1 atom stereocenters. The molecule has 1 rings (SSSR count). The Balaban J connectivity index is 2.76. The van der Waals surface area contributed by atoms with E-state index in [0.717, 1.165) is 0 Å². The van der Waals surface area contributed by atoms with E-state index in [2.05, 4.69) is 50.3 Å². The van der Waals surface area contributed by atoms with Gasteiger partial charge in [0.25, 0.3) is 0 Å². The van der Waals surface area contributed by atoms with Gasteiger partial charge in [-0.15, -0.1) is 0 Å². The predicted molar refractivity (Wildman–Crippen MR) is 49.7 cm³/mol. The molecule has 0 radical (unpaired) electrons. The molecule has 0 unspecified atom stereocenters. The zero-order chi connectivity index (χ0) is 8.10. The number of rotatable bonds is 2. The van der Waals surface area contributed by atoms with Crippen molar-refractivity contribution in [3.8, 4) is 0 Å². The van der Waals surface area contributed by atoms with Crippen LogP contribution in [0.4, 0.5) is 0 Å². The van der Waals surface area contributed by atoms with Crippen LogP contribution in [0.15, 0.2) is 42.5 Å². The SMILES string of the molecule is C/C=C\[C@@H](C)c1ccccc1. The number of allylic oxidation sites excluding steroid dienone is 2. The fourth-order valence-corrected chi connectivity index (χ4v) is 1.16. The highest BCUT2D eigenvalue weighted by molar-refractivity contribution is 5.22. The Morgan fingerprint density at radius 1 is 1.18 bits per heavy atom. The zero-order valence-corrected chi connectivity index (χ0v) is 7.12. The minimum Gasteiger partial charge on any atom is -0.0911 e. The van der Waals surface area contributed by atoms with Gasteiger partial charge in [0.1, 0.15) is 0 Å². The summed E-state index contributed by atoms with van der Waals surface area (Å²) in [6, 6.07) is 10.5. The minimum absolute atomic E-state index is 0.543. The van der Waals surface area contributed by atoms with Crippen molar-refractivity contribution >= 4 is 0 Å². The first-order valence-corrected chi connectivity index (χ1v) is 4.02. The number of hydrogen-bond donors (Lipinski definition) is 0. The fraction of sp³-hybridized carbons (Fsp3) is 0.273. The normalized spacial score (nSPS) is 13.6. The first kappa shape index (κ1) is 8.06. The Morgan fingerprint density at radius 3 is 2.36 bits per heavy atom. The Kier molecular flexibility index (Phi) is 2.91. The summed E-state index contributed by atoms with van der Waals surface area (Å²) in [5.74, 6) is 0.543. The van der Waals surface area contributed by atoms with Crippen molar-refractivity contribution in [2.75, 3.05) is 0 Å². The lowest BCUT2D eigenvalue weighted by atomic mass is 10.0. The van der Waals surface area contributed by atoms with E-state index in [0.29, 0.717) is 5.92 Å². The number of hydrogen-bond acceptors (Lipinski definition) is 0. The van der Waals surface area contributed by atoms with E-state index in [9.17, 15) is 0 Å². The van der Waals surface area contributed by atoms with Crippen LogP contribution >= 0.6 is 0 Å². The third-order valence-electron chi connectivity index (χ3n) is 1.81. The van der Waals surface area contributed by atoms with Crippen molar-refractivity contribution in [1.82, 2.24) is 0 Å². The van der Waals surface area contributed by atoms with Crippen LogP contribution in [0.3, 0.4) is 0 Å². The van der Waals surface area contributed by atoms with Crippen LogP contribution in [0.5, 0.6) is 0 Å². The molecule has 0 bridgehead atoms. The Labute approximate surface area is 68.6 Å². The highest BCUT2D eigenvalue weighted by Gasteiger charge is 1.97. The molecule has 0 N–H and O–H groups in total. The lowest BCUT2D eigenvalue weighted by molar-refractivity contribution is 0.965. The first-order valence-electron chi connectivity index (χ1n) is 4.02. The molecular formula is C11H14. The Bertz CT molecular complexity index is 221. The van der Waals surface area contributed by atoms with Gasteiger partial charge in [0.2, 0.25) is 0 Å². The largest absolute Gasteiger partial charge is 0.0911 e. The third-order valence-corrected chi connectivity index (χ3v) is 1.81. The van der Waals surface area contributed by atoms with Crippen LogP contribution in [0.25, 0.3) is 0 Å². The first-order chi connectivity index (χ1) is 5.34. The van der Waals surface area contributed by atoms with Crippen molar-refractivity contribution in [3.63, 3.8) is 0 Å². The molecule has 0 amide bonds. The monoisotopic (exact) mass is 146 g/mol. The maximum Gasteiger partial charge on any atom is -0.00105 e. The minimum atomic E-state index is 0.543. The van der Waals surface area contributed by atoms with E-state index < -0.39 is 0 Å². The van der Waals surface area contributed by atoms with Crippen LogP contribution in [0.1, 0.15) is 25.3 Å². The third kappa shape index (κ3) is 2.23. The van der Waals surface area contributed by atoms with Crippen LogP contribution in [-0.2, 0) is 0 Å². The molecule has 0 nitrogen and oxygen atoms in total. The van der Waals surface area contributed by atoms with Crippen molar-refractivity contribution in [1.29, 1.82) is 0 Å². The summed E-state index contributed by atoms with van der Waals surface area (Å²) in [4.78, 5) is 0. The molecule has 0 aliphatic heterocycles. The summed E-state index contributed by atoms with van der Waals surface area (Å²) >= 11 is 0. The molecule has 0 heterocycles. The van der Waals surface area contributed by atoms with Crippen LogP contribution in [0, 0.1) is 0 Å². The highest BCUT2D eigenvalue weighted by Crippen LogP contribution is 2.14. The van der Waals surface area contributed by atoms with Crippen molar-refractivity contribution < 1.29 is 0 Å². The summed E-state index contributed by atoms with van der Waals surface area (Å²) in [5.41, 5.74) is 1.38. The van der Waals surface area contributed by atoms with Gasteiger partial charge in [0.05, 0.1) is 0 Å². The maximum atomic E-state index is 2.20. The molecule has 0 aliphatic carbocycles. The molecule has 0 aromatic heterocycles. The van der Waals surface area contributed by atoms with Gasteiger partial charge in [-0.2, -0.15) is 0 Å². The smallest absolute Gasteiger partial charge is 0.00105 e. The standard InChI is InChI=1S/C11H14/c1-3-7-10(2)11-8-5-4-6-9-11/h3-10H,1-2H3/b7-3-/t10-/m1/s1. The molecule has 58 valence electrons. The molecule has 0 aliphatic rings. The van der Waals surface area contributed by atoms with Gasteiger partial charge >= 0.3 is 0 Å². The van der Waals surface area contributed by atoms with Gasteiger partial charge < -0.3 is 0 Å². The van der Waals surface area contributed by atoms with E-state index in [4.69, 9.17) is 0 Å². The van der Waals surface area contributed by atoms with Crippen molar-refractivity contribution in [2.45, 2.75) is 19.8 Å². The molecule has 11 heavy (non-hydrogen) atoms. The zero-order valence-electron chi connectivity index (χ0n) is 7.12. The average molecular weight is 146 g/mol. The quantitative estimate of drug-likeness (QED) is 0.561. The molecule has 0 fully saturated rings. The average Bonchev–Trinajstić information content (AvgIpc) is 2.07. The van der Waals surface area contributed by atoms with Gasteiger partial charge in [-0.25, -0.2) is 0 Å². The molecule has 0 heteroatoms. The second-order valence-electron chi connectivity index (χ2n) is 2.73. The Hall–Kier alpha value is -1.04. The van der Waals surface area contributed by atoms with Crippen molar-refractivity contribution in [2.24, 2.45) is 0 Å². The van der Waals surface area contributed by atoms with E-state index in [-0.39, 0.29) is 0 Å². The van der Waals surface area contributed by atoms with E-state index in [1.165, 1.54) is 5.56 Å². The molecule has 0 saturated heterocycles. The summed E-state index contributed by atoms with van der Waals surface area (Å²) in [6.07, 6.45) is 4.30. The topological polar surface area (TPSA) is 0 Å². The van der Waals surface area contributed by atoms with E-state index in [1.807, 2.05) is 6.07 Å². The van der Waals surface area contributed by atoms with E-state index in [1.54, 1.807) is 0 Å². The Morgan fingerprint density at radius 2 is 1.82 bits per heavy atom. The second-order valence-corrected chi connectivity index (χ2v) is 2.73. The fourth-order valence-electron chi connectivity index (χ4n) is 1.16. The lowest BCUT2D eigenvalue weighted by Crippen LogP contribution is -1.86. The summed E-state index contributed by atoms with van der Waals surface area (Å²) in [7, 11) is 0. The molecular weight excluding hydrogens is 132 g/mol. The number of benzene rings is 1. The van der Waals surface area contributed by atoms with Gasteiger partial charge in [0, 0.05) is 0 Å². The van der Waals surface area contributed by atoms with Crippen molar-refractivity contribution in [3.05, 3.63) is 48.0 Å². The van der Waals surface area contributed by atoms with Crippen LogP contribution in [-0.4, -0.2) is 0 Å². The lowest BCUT2D eigenvalue weighted by Gasteiger charge is -2.04. The second kappa shape index (κ2) is 3.97. The van der Waals surface area contributed by atoms with Gasteiger partial charge in [-0.1, -0.05) is 49.4 Å². The van der Waals surface area contributed by atoms with Crippen LogP contribution in [0.2, 0.25) is 0 Å².